The molecule has 15 heteroatoms. The van der Waals surface area contributed by atoms with E-state index in [0.29, 0.717) is 60.5 Å². The molecule has 2 N–H and O–H groups in total. The molecule has 5 atom stereocenters. The minimum absolute atomic E-state index is 0.0936. The molecule has 14 nitrogen and oxygen atoms in total. The molecule has 68 heavy (non-hydrogen) atoms. The number of rotatable bonds is 13. The fraction of sp³-hybridized carbons (Fsp3) is 0.302. The van der Waals surface area contributed by atoms with Gasteiger partial charge in [0.1, 0.15) is 0 Å². The molecule has 3 amide bonds. The van der Waals surface area contributed by atoms with Crippen molar-refractivity contribution >= 4 is 54.5 Å². The highest BCUT2D eigenvalue weighted by Gasteiger charge is 2.66. The van der Waals surface area contributed by atoms with E-state index in [9.17, 15) is 19.5 Å². The minimum atomic E-state index is -3.05. The highest BCUT2D eigenvalue weighted by molar-refractivity contribution is 6.71. The molecule has 0 aliphatic carbocycles. The first-order chi connectivity index (χ1) is 32.9. The van der Waals surface area contributed by atoms with Crippen molar-refractivity contribution in [3.05, 3.63) is 173 Å². The molecule has 0 bridgehead atoms. The van der Waals surface area contributed by atoms with E-state index in [4.69, 9.17) is 14.9 Å². The highest BCUT2D eigenvalue weighted by atomic mass is 28.4. The van der Waals surface area contributed by atoms with Gasteiger partial charge in [0.2, 0.25) is 11.8 Å². The number of hydrogen-bond acceptors (Lipinski definition) is 10. The number of carbonyl (C=O) groups is 3. The minimum Gasteiger partial charge on any atom is -0.432 e. The Morgan fingerprint density at radius 1 is 0.750 bits per heavy atom. The molecule has 4 aliphatic rings. The fourth-order valence-electron chi connectivity index (χ4n) is 10.6. The molecule has 1 unspecified atom stereocenters. The second kappa shape index (κ2) is 18.3. The van der Waals surface area contributed by atoms with Crippen LogP contribution >= 0.6 is 0 Å². The number of hydrogen-bond donors (Lipinski definition) is 2. The maximum absolute atomic E-state index is 15.6. The largest absolute Gasteiger partial charge is 0.432 e. The zero-order chi connectivity index (χ0) is 47.2. The summed E-state index contributed by atoms with van der Waals surface area (Å²) in [6, 6.07) is 42.5. The Morgan fingerprint density at radius 2 is 1.32 bits per heavy atom. The van der Waals surface area contributed by atoms with E-state index in [0.717, 1.165) is 33.7 Å². The van der Waals surface area contributed by atoms with Gasteiger partial charge in [0.05, 0.1) is 59.4 Å². The van der Waals surface area contributed by atoms with Crippen LogP contribution in [0.5, 0.6) is 0 Å². The third kappa shape index (κ3) is 8.29. The molecule has 4 aliphatic heterocycles. The Balaban J connectivity index is 0.990. The number of aromatic nitrogens is 3. The SMILES string of the molecule is C[C@@H]1[C@@H]([Si](C)(C)O)[C@H](CCn2cc(C(CO)c3ccccc3)nn2)O[C@@]12C(=O)N(Cc1ccc(N3N=C(c4ccccc4)CCC3=O)cc1)c1ccc(N3N=C(c4ccccc4)CCC3=O)cc12. The first-order valence-corrected chi connectivity index (χ1v) is 26.4. The molecule has 10 rings (SSSR count). The molecule has 346 valence electrons. The van der Waals surface area contributed by atoms with Crippen LogP contribution in [0.3, 0.4) is 0 Å². The van der Waals surface area contributed by atoms with Crippen LogP contribution in [0.1, 0.15) is 78.5 Å². The summed E-state index contributed by atoms with van der Waals surface area (Å²) in [7, 11) is -3.05. The third-order valence-electron chi connectivity index (χ3n) is 14.0. The van der Waals surface area contributed by atoms with Crippen LogP contribution in [0.25, 0.3) is 0 Å². The summed E-state index contributed by atoms with van der Waals surface area (Å²) in [5.41, 5.74) is 6.45. The first-order valence-electron chi connectivity index (χ1n) is 23.4. The smallest absolute Gasteiger partial charge is 0.264 e. The lowest BCUT2D eigenvalue weighted by Gasteiger charge is -2.32. The van der Waals surface area contributed by atoms with Crippen LogP contribution in [0, 0.1) is 5.92 Å². The Kier molecular flexibility index (Phi) is 12.1. The summed E-state index contributed by atoms with van der Waals surface area (Å²) in [6.45, 7) is 6.24. The number of ether oxygens (including phenoxy) is 1. The van der Waals surface area contributed by atoms with Crippen molar-refractivity contribution in [3.63, 3.8) is 0 Å². The van der Waals surface area contributed by atoms with Gasteiger partial charge in [0.15, 0.2) is 13.9 Å². The maximum atomic E-state index is 15.6. The zero-order valence-electron chi connectivity index (χ0n) is 38.4. The molecule has 1 saturated heterocycles. The van der Waals surface area contributed by atoms with Gasteiger partial charge in [0.25, 0.3) is 5.91 Å². The summed E-state index contributed by atoms with van der Waals surface area (Å²) < 4.78 is 8.97. The molecule has 1 spiro atoms. The molecular weight excluding hydrogens is 873 g/mol. The van der Waals surface area contributed by atoms with Gasteiger partial charge in [-0.15, -0.1) is 5.10 Å². The van der Waals surface area contributed by atoms with Crippen molar-refractivity contribution < 1.29 is 29.0 Å². The number of amides is 3. The summed E-state index contributed by atoms with van der Waals surface area (Å²) in [4.78, 5) is 56.3. The summed E-state index contributed by atoms with van der Waals surface area (Å²) in [5.74, 6) is -1.33. The number of nitrogens with zero attached hydrogens (tertiary/aromatic N) is 8. The molecular formula is C53H54N8O6Si. The van der Waals surface area contributed by atoms with Gasteiger partial charge in [-0.05, 0) is 72.1 Å². The summed E-state index contributed by atoms with van der Waals surface area (Å²) in [5, 5.41) is 31.7. The average Bonchev–Trinajstić information content (AvgIpc) is 4.02. The number of carbonyl (C=O) groups excluding carboxylic acids is 3. The fourth-order valence-corrected chi connectivity index (χ4v) is 13.2. The molecule has 0 saturated carbocycles. The number of hydrazone groups is 2. The van der Waals surface area contributed by atoms with Gasteiger partial charge in [-0.2, -0.15) is 10.2 Å². The van der Waals surface area contributed by atoms with Crippen LogP contribution in [0.2, 0.25) is 18.6 Å². The number of benzene rings is 5. The van der Waals surface area contributed by atoms with E-state index in [1.807, 2.05) is 160 Å². The highest BCUT2D eigenvalue weighted by Crippen LogP contribution is 2.60. The number of anilines is 3. The Labute approximate surface area is 396 Å². The lowest BCUT2D eigenvalue weighted by molar-refractivity contribution is -0.146. The lowest BCUT2D eigenvalue weighted by atomic mass is 9.82. The van der Waals surface area contributed by atoms with Gasteiger partial charge in [-0.1, -0.05) is 115 Å². The normalized spacial score (nSPS) is 22.2. The number of aryl methyl sites for hydroxylation is 1. The standard InChI is InChI=1S/C53H54N8O6Si/c1-35-51(68(2,3)66)48(29-30-58-33-46(54-57-58)42(34-62)37-13-7-4-8-14-37)67-53(35)43-31-41(61-50(64)28-25-45(56-61)39-17-11-6-12-18-39)23-26-47(43)59(52(53)65)32-36-19-21-40(22-20-36)60-49(63)27-24-44(55-60)38-15-9-5-10-16-38/h4-23,26,31,33,35,42,48,51,62,66H,24-25,27-30,32,34H2,1-3H3/t35-,42?,48+,51-,53+/m1/s1. The zero-order valence-corrected chi connectivity index (χ0v) is 39.4. The molecule has 1 aromatic heterocycles. The monoisotopic (exact) mass is 926 g/mol. The average molecular weight is 927 g/mol. The lowest BCUT2D eigenvalue weighted by Crippen LogP contribution is -2.46. The van der Waals surface area contributed by atoms with E-state index in [2.05, 4.69) is 10.3 Å². The van der Waals surface area contributed by atoms with Crippen molar-refractivity contribution in [3.8, 4) is 0 Å². The Hall–Kier alpha value is -6.91. The third-order valence-corrected chi connectivity index (χ3v) is 16.5. The van der Waals surface area contributed by atoms with Crippen molar-refractivity contribution in [2.45, 2.75) is 88.4 Å². The molecule has 5 heterocycles. The van der Waals surface area contributed by atoms with Crippen LogP contribution in [0.4, 0.5) is 17.1 Å². The maximum Gasteiger partial charge on any atom is 0.264 e. The van der Waals surface area contributed by atoms with Crippen LogP contribution in [-0.2, 0) is 37.8 Å². The van der Waals surface area contributed by atoms with E-state index in [1.165, 1.54) is 10.0 Å². The molecule has 0 radical (unpaired) electrons. The summed E-state index contributed by atoms with van der Waals surface area (Å²) >= 11 is 0. The van der Waals surface area contributed by atoms with Crippen molar-refractivity contribution in [1.29, 1.82) is 0 Å². The summed E-state index contributed by atoms with van der Waals surface area (Å²) in [6.07, 6.45) is 3.39. The van der Waals surface area contributed by atoms with Gasteiger partial charge in [0, 0.05) is 55.4 Å². The number of fused-ring (bicyclic) bond motifs is 2. The van der Waals surface area contributed by atoms with Gasteiger partial charge in [-0.25, -0.2) is 10.0 Å². The second-order valence-corrected chi connectivity index (χ2v) is 22.7. The quantitative estimate of drug-likeness (QED) is 0.110. The number of aliphatic hydroxyl groups is 1. The molecule has 5 aromatic carbocycles. The van der Waals surface area contributed by atoms with Crippen LogP contribution in [-0.4, -0.2) is 75.1 Å². The number of aliphatic hydroxyl groups excluding tert-OH is 1. The second-order valence-electron chi connectivity index (χ2n) is 18.7. The van der Waals surface area contributed by atoms with Crippen LogP contribution in [0.15, 0.2) is 150 Å². The topological polar surface area (TPSA) is 166 Å². The Morgan fingerprint density at radius 3 is 1.91 bits per heavy atom. The van der Waals surface area contributed by atoms with E-state index in [-0.39, 0.29) is 48.8 Å². The molecule has 6 aromatic rings. The van der Waals surface area contributed by atoms with Crippen molar-refractivity contribution in [2.24, 2.45) is 16.1 Å². The van der Waals surface area contributed by atoms with Crippen molar-refractivity contribution in [2.75, 3.05) is 21.5 Å². The Bertz CT molecular complexity index is 2910. The van der Waals surface area contributed by atoms with E-state index in [1.54, 1.807) is 9.58 Å². The van der Waals surface area contributed by atoms with Gasteiger partial charge in [-0.3, -0.25) is 19.1 Å². The van der Waals surface area contributed by atoms with E-state index >= 15 is 4.79 Å². The molecule has 1 fully saturated rings. The van der Waals surface area contributed by atoms with Gasteiger partial charge < -0.3 is 19.5 Å². The van der Waals surface area contributed by atoms with Gasteiger partial charge >= 0.3 is 0 Å². The first kappa shape index (κ1) is 44.9. The van der Waals surface area contributed by atoms with E-state index < -0.39 is 25.9 Å². The van der Waals surface area contributed by atoms with Crippen molar-refractivity contribution in [1.82, 2.24) is 15.0 Å². The van der Waals surface area contributed by atoms with Crippen LogP contribution < -0.4 is 14.9 Å². The predicted molar refractivity (Wildman–Crippen MR) is 263 cm³/mol. The predicted octanol–water partition coefficient (Wildman–Crippen LogP) is 7.90.